The number of anilines is 2. The van der Waals surface area contributed by atoms with Crippen LogP contribution in [0.3, 0.4) is 0 Å². The number of rotatable bonds is 5. The predicted octanol–water partition coefficient (Wildman–Crippen LogP) is 4.45. The second-order valence-electron chi connectivity index (χ2n) is 6.88. The van der Waals surface area contributed by atoms with Gasteiger partial charge in [-0.3, -0.25) is 4.79 Å². The van der Waals surface area contributed by atoms with Crippen LogP contribution < -0.4 is 10.2 Å². The number of thioether (sulfide) groups is 1. The Labute approximate surface area is 167 Å². The van der Waals surface area contributed by atoms with Crippen molar-refractivity contribution in [2.45, 2.75) is 25.3 Å². The van der Waals surface area contributed by atoms with E-state index in [1.165, 1.54) is 18.2 Å². The summed E-state index contributed by atoms with van der Waals surface area (Å²) in [7, 11) is 0. The second kappa shape index (κ2) is 8.86. The largest absolute Gasteiger partial charge is 0.356 e. The Morgan fingerprint density at radius 3 is 2.73 bits per heavy atom. The summed E-state index contributed by atoms with van der Waals surface area (Å²) < 4.78 is 0.871. The minimum atomic E-state index is -0.0534. The fourth-order valence-electron chi connectivity index (χ4n) is 3.32. The summed E-state index contributed by atoms with van der Waals surface area (Å²) in [5.74, 6) is 2.54. The first-order chi connectivity index (χ1) is 12.5. The van der Waals surface area contributed by atoms with Gasteiger partial charge >= 0.3 is 0 Å². The van der Waals surface area contributed by atoms with Gasteiger partial charge in [-0.1, -0.05) is 37.7 Å². The third kappa shape index (κ3) is 5.20. The molecule has 5 nitrogen and oxygen atoms in total. The number of halogens is 1. The molecule has 1 aromatic heterocycles. The predicted molar refractivity (Wildman–Crippen MR) is 111 cm³/mol. The molecule has 0 aliphatic carbocycles. The molecule has 3 rings (SSSR count). The number of nitrogens with one attached hydrogen (secondary N) is 1. The van der Waals surface area contributed by atoms with Crippen LogP contribution in [0.15, 0.2) is 46.2 Å². The van der Waals surface area contributed by atoms with Crippen LogP contribution >= 0.6 is 27.7 Å². The van der Waals surface area contributed by atoms with Crippen molar-refractivity contribution in [1.82, 2.24) is 9.97 Å². The smallest absolute Gasteiger partial charge is 0.234 e. The number of carbonyl (C=O) groups excluding carboxylic acids is 1. The van der Waals surface area contributed by atoms with Gasteiger partial charge < -0.3 is 10.2 Å². The molecule has 0 saturated carbocycles. The van der Waals surface area contributed by atoms with Crippen molar-refractivity contribution in [2.24, 2.45) is 11.8 Å². The zero-order chi connectivity index (χ0) is 18.5. The molecular weight excluding hydrogens is 412 g/mol. The standard InChI is InChI=1S/C19H23BrN4OS/c1-13-7-14(2)10-24(9-13)17-8-19(22-12-21-17)26-11-18(25)23-16-6-4-3-5-15(16)20/h3-6,8,12-14H,7,9-11H2,1-2H3,(H,23,25)/t13-,14-/m0/s1. The molecule has 1 saturated heterocycles. The lowest BCUT2D eigenvalue weighted by Crippen LogP contribution is -2.39. The van der Waals surface area contributed by atoms with E-state index in [1.54, 1.807) is 6.33 Å². The van der Waals surface area contributed by atoms with Gasteiger partial charge in [-0.2, -0.15) is 0 Å². The molecule has 2 heterocycles. The van der Waals surface area contributed by atoms with Crippen LogP contribution in [-0.4, -0.2) is 34.7 Å². The average molecular weight is 435 g/mol. The molecule has 0 spiro atoms. The van der Waals surface area contributed by atoms with Crippen LogP contribution in [0, 0.1) is 11.8 Å². The van der Waals surface area contributed by atoms with Crippen molar-refractivity contribution in [3.63, 3.8) is 0 Å². The van der Waals surface area contributed by atoms with Gasteiger partial charge in [0.15, 0.2) is 0 Å². The Hall–Kier alpha value is -1.60. The number of nitrogens with zero attached hydrogens (tertiary/aromatic N) is 3. The molecule has 1 amide bonds. The van der Waals surface area contributed by atoms with Crippen LogP contribution in [-0.2, 0) is 4.79 Å². The molecule has 1 aliphatic rings. The van der Waals surface area contributed by atoms with Crippen molar-refractivity contribution >= 4 is 45.1 Å². The molecule has 0 unspecified atom stereocenters. The maximum Gasteiger partial charge on any atom is 0.234 e. The molecule has 1 N–H and O–H groups in total. The Morgan fingerprint density at radius 1 is 1.27 bits per heavy atom. The molecule has 0 radical (unpaired) electrons. The number of aromatic nitrogens is 2. The number of hydrogen-bond donors (Lipinski definition) is 1. The topological polar surface area (TPSA) is 58.1 Å². The third-order valence-electron chi connectivity index (χ3n) is 4.32. The molecule has 1 fully saturated rings. The highest BCUT2D eigenvalue weighted by molar-refractivity contribution is 9.10. The molecular formula is C19H23BrN4OS. The lowest BCUT2D eigenvalue weighted by molar-refractivity contribution is -0.113. The summed E-state index contributed by atoms with van der Waals surface area (Å²) in [5.41, 5.74) is 0.776. The van der Waals surface area contributed by atoms with Crippen molar-refractivity contribution < 1.29 is 4.79 Å². The van der Waals surface area contributed by atoms with E-state index in [0.29, 0.717) is 17.6 Å². The van der Waals surface area contributed by atoms with Gasteiger partial charge in [0.25, 0.3) is 0 Å². The van der Waals surface area contributed by atoms with E-state index in [0.717, 1.165) is 34.1 Å². The summed E-state index contributed by atoms with van der Waals surface area (Å²) in [6.07, 6.45) is 2.85. The summed E-state index contributed by atoms with van der Waals surface area (Å²) >= 11 is 4.86. The molecule has 2 aromatic rings. The summed E-state index contributed by atoms with van der Waals surface area (Å²) in [6.45, 7) is 6.61. The SMILES string of the molecule is C[C@H]1C[C@H](C)CN(c2cc(SCC(=O)Nc3ccccc3Br)ncn2)C1. The molecule has 138 valence electrons. The Kier molecular flexibility index (Phi) is 6.53. The van der Waals surface area contributed by atoms with Crippen molar-refractivity contribution in [1.29, 1.82) is 0 Å². The summed E-state index contributed by atoms with van der Waals surface area (Å²) in [4.78, 5) is 23.3. The number of hydrogen-bond acceptors (Lipinski definition) is 5. The number of amides is 1. The van der Waals surface area contributed by atoms with Gasteiger partial charge in [0.2, 0.25) is 5.91 Å². The van der Waals surface area contributed by atoms with E-state index < -0.39 is 0 Å². The molecule has 26 heavy (non-hydrogen) atoms. The quantitative estimate of drug-likeness (QED) is 0.556. The van der Waals surface area contributed by atoms with E-state index in [4.69, 9.17) is 0 Å². The van der Waals surface area contributed by atoms with E-state index >= 15 is 0 Å². The van der Waals surface area contributed by atoms with E-state index in [9.17, 15) is 4.79 Å². The summed E-state index contributed by atoms with van der Waals surface area (Å²) in [5, 5.41) is 3.73. The Morgan fingerprint density at radius 2 is 2.00 bits per heavy atom. The van der Waals surface area contributed by atoms with Gasteiger partial charge in [-0.15, -0.1) is 0 Å². The maximum absolute atomic E-state index is 12.2. The van der Waals surface area contributed by atoms with Crippen LogP contribution in [0.2, 0.25) is 0 Å². The second-order valence-corrected chi connectivity index (χ2v) is 8.73. The van der Waals surface area contributed by atoms with Gasteiger partial charge in [-0.05, 0) is 46.3 Å². The van der Waals surface area contributed by atoms with E-state index in [-0.39, 0.29) is 5.91 Å². The lowest BCUT2D eigenvalue weighted by Gasteiger charge is -2.35. The average Bonchev–Trinajstić information content (AvgIpc) is 2.61. The molecule has 1 aromatic carbocycles. The van der Waals surface area contributed by atoms with E-state index in [2.05, 4.69) is 50.0 Å². The normalized spacial score (nSPS) is 20.0. The first-order valence-electron chi connectivity index (χ1n) is 8.75. The maximum atomic E-state index is 12.2. The zero-order valence-electron chi connectivity index (χ0n) is 15.0. The van der Waals surface area contributed by atoms with Gasteiger partial charge in [-0.25, -0.2) is 9.97 Å². The molecule has 1 aliphatic heterocycles. The van der Waals surface area contributed by atoms with E-state index in [1.807, 2.05) is 30.3 Å². The minimum Gasteiger partial charge on any atom is -0.356 e. The van der Waals surface area contributed by atoms with Crippen LogP contribution in [0.25, 0.3) is 0 Å². The number of para-hydroxylation sites is 1. The number of piperidine rings is 1. The Bertz CT molecular complexity index is 763. The fraction of sp³-hybridized carbons (Fsp3) is 0.421. The monoisotopic (exact) mass is 434 g/mol. The molecule has 7 heteroatoms. The molecule has 0 bridgehead atoms. The minimum absolute atomic E-state index is 0.0534. The lowest BCUT2D eigenvalue weighted by atomic mass is 9.92. The first-order valence-corrected chi connectivity index (χ1v) is 10.5. The Balaban J connectivity index is 1.58. The third-order valence-corrected chi connectivity index (χ3v) is 5.94. The number of carbonyl (C=O) groups is 1. The highest BCUT2D eigenvalue weighted by Crippen LogP contribution is 2.27. The van der Waals surface area contributed by atoms with Crippen LogP contribution in [0.4, 0.5) is 11.5 Å². The van der Waals surface area contributed by atoms with Crippen LogP contribution in [0.1, 0.15) is 20.3 Å². The highest BCUT2D eigenvalue weighted by atomic mass is 79.9. The van der Waals surface area contributed by atoms with Gasteiger partial charge in [0, 0.05) is 23.6 Å². The van der Waals surface area contributed by atoms with Crippen molar-refractivity contribution in [2.75, 3.05) is 29.1 Å². The van der Waals surface area contributed by atoms with Gasteiger partial charge in [0.05, 0.1) is 11.4 Å². The fourth-order valence-corrected chi connectivity index (χ4v) is 4.37. The number of benzene rings is 1. The van der Waals surface area contributed by atoms with Crippen molar-refractivity contribution in [3.8, 4) is 0 Å². The molecule has 2 atom stereocenters. The van der Waals surface area contributed by atoms with Gasteiger partial charge in [0.1, 0.15) is 17.2 Å². The zero-order valence-corrected chi connectivity index (χ0v) is 17.4. The van der Waals surface area contributed by atoms with Crippen LogP contribution in [0.5, 0.6) is 0 Å². The summed E-state index contributed by atoms with van der Waals surface area (Å²) in [6, 6.07) is 9.57. The highest BCUT2D eigenvalue weighted by Gasteiger charge is 2.23. The van der Waals surface area contributed by atoms with Crippen molar-refractivity contribution in [3.05, 3.63) is 41.1 Å². The first kappa shape index (κ1) is 19.2.